The summed E-state index contributed by atoms with van der Waals surface area (Å²) in [5.41, 5.74) is 1.73. The summed E-state index contributed by atoms with van der Waals surface area (Å²) in [6, 6.07) is 10.3. The van der Waals surface area contributed by atoms with Gasteiger partial charge in [0.25, 0.3) is 5.89 Å². The molecule has 5 nitrogen and oxygen atoms in total. The highest BCUT2D eigenvalue weighted by Gasteiger charge is 2.20. The SMILES string of the molecule is Cc1ccc(-c2nnc([C@@H](C)OC(=O)c3ccc(F)c(F)c3)o2)cc1. The van der Waals surface area contributed by atoms with Gasteiger partial charge in [0.2, 0.25) is 5.89 Å². The van der Waals surface area contributed by atoms with E-state index < -0.39 is 23.7 Å². The third kappa shape index (κ3) is 3.71. The Labute approximate surface area is 142 Å². The third-order valence-corrected chi connectivity index (χ3v) is 3.53. The lowest BCUT2D eigenvalue weighted by molar-refractivity contribution is 0.0279. The number of carbonyl (C=O) groups excluding carboxylic acids is 1. The van der Waals surface area contributed by atoms with Crippen LogP contribution < -0.4 is 0 Å². The van der Waals surface area contributed by atoms with E-state index in [0.717, 1.165) is 29.3 Å². The van der Waals surface area contributed by atoms with Crippen molar-refractivity contribution in [2.45, 2.75) is 20.0 Å². The van der Waals surface area contributed by atoms with Gasteiger partial charge in [0.1, 0.15) is 0 Å². The first-order chi connectivity index (χ1) is 11.9. The van der Waals surface area contributed by atoms with Gasteiger partial charge in [-0.25, -0.2) is 13.6 Å². The van der Waals surface area contributed by atoms with Gasteiger partial charge in [0.15, 0.2) is 17.7 Å². The van der Waals surface area contributed by atoms with E-state index in [-0.39, 0.29) is 11.5 Å². The van der Waals surface area contributed by atoms with E-state index >= 15 is 0 Å². The van der Waals surface area contributed by atoms with E-state index in [1.165, 1.54) is 0 Å². The predicted octanol–water partition coefficient (Wildman–Crippen LogP) is 4.24. The number of hydrogen-bond acceptors (Lipinski definition) is 5. The fourth-order valence-electron chi connectivity index (χ4n) is 2.11. The Morgan fingerprint density at radius 1 is 1.08 bits per heavy atom. The van der Waals surface area contributed by atoms with Crippen molar-refractivity contribution in [1.29, 1.82) is 0 Å². The van der Waals surface area contributed by atoms with E-state index in [1.807, 2.05) is 31.2 Å². The van der Waals surface area contributed by atoms with Crippen molar-refractivity contribution in [3.8, 4) is 11.5 Å². The van der Waals surface area contributed by atoms with Crippen LogP contribution in [0.15, 0.2) is 46.9 Å². The lowest BCUT2D eigenvalue weighted by Gasteiger charge is -2.09. The maximum Gasteiger partial charge on any atom is 0.339 e. The molecule has 0 aliphatic rings. The van der Waals surface area contributed by atoms with Crippen molar-refractivity contribution < 1.29 is 22.7 Å². The van der Waals surface area contributed by atoms with E-state index in [4.69, 9.17) is 9.15 Å². The average molecular weight is 344 g/mol. The van der Waals surface area contributed by atoms with Crippen LogP contribution in [0.1, 0.15) is 34.8 Å². The number of esters is 1. The van der Waals surface area contributed by atoms with Gasteiger partial charge in [-0.2, -0.15) is 0 Å². The molecular weight excluding hydrogens is 330 g/mol. The highest BCUT2D eigenvalue weighted by molar-refractivity contribution is 5.89. The molecule has 3 rings (SSSR count). The lowest BCUT2D eigenvalue weighted by atomic mass is 10.1. The molecule has 0 N–H and O–H groups in total. The molecule has 0 aliphatic heterocycles. The number of carbonyl (C=O) groups is 1. The smallest absolute Gasteiger partial charge is 0.339 e. The fraction of sp³-hybridized carbons (Fsp3) is 0.167. The van der Waals surface area contributed by atoms with Crippen LogP contribution in [0.3, 0.4) is 0 Å². The Kier molecular flexibility index (Phi) is 4.56. The normalized spacial score (nSPS) is 12.0. The lowest BCUT2D eigenvalue weighted by Crippen LogP contribution is -2.10. The maximum atomic E-state index is 13.2. The zero-order valence-electron chi connectivity index (χ0n) is 13.5. The standard InChI is InChI=1S/C18H14F2N2O3/c1-10-3-5-12(6-4-10)17-22-21-16(25-17)11(2)24-18(23)13-7-8-14(19)15(20)9-13/h3-9,11H,1-2H3/t11-/m1/s1. The minimum absolute atomic E-state index is 0.103. The molecule has 7 heteroatoms. The topological polar surface area (TPSA) is 65.2 Å². The molecule has 3 aromatic rings. The number of aromatic nitrogens is 2. The number of benzene rings is 2. The summed E-state index contributed by atoms with van der Waals surface area (Å²) in [4.78, 5) is 12.0. The van der Waals surface area contributed by atoms with E-state index in [0.29, 0.717) is 5.89 Å². The highest BCUT2D eigenvalue weighted by atomic mass is 19.2. The first-order valence-corrected chi connectivity index (χ1v) is 7.50. The quantitative estimate of drug-likeness (QED) is 0.662. The molecule has 0 bridgehead atoms. The maximum absolute atomic E-state index is 13.2. The molecule has 1 heterocycles. The van der Waals surface area contributed by atoms with Crippen LogP contribution in [0.4, 0.5) is 8.78 Å². The number of halogens is 2. The summed E-state index contributed by atoms with van der Waals surface area (Å²) in [5.74, 6) is -2.58. The van der Waals surface area contributed by atoms with Gasteiger partial charge >= 0.3 is 5.97 Å². The summed E-state index contributed by atoms with van der Waals surface area (Å²) in [6.07, 6.45) is -0.840. The molecule has 0 saturated carbocycles. The second-order valence-electron chi connectivity index (χ2n) is 5.49. The molecule has 1 atom stereocenters. The molecule has 0 radical (unpaired) electrons. The minimum atomic E-state index is -1.12. The number of nitrogens with zero attached hydrogens (tertiary/aromatic N) is 2. The van der Waals surface area contributed by atoms with E-state index in [9.17, 15) is 13.6 Å². The zero-order valence-corrected chi connectivity index (χ0v) is 13.5. The summed E-state index contributed by atoms with van der Waals surface area (Å²) >= 11 is 0. The average Bonchev–Trinajstić information content (AvgIpc) is 3.08. The summed E-state index contributed by atoms with van der Waals surface area (Å²) in [7, 11) is 0. The molecule has 0 saturated heterocycles. The Morgan fingerprint density at radius 2 is 1.80 bits per heavy atom. The second kappa shape index (κ2) is 6.80. The molecule has 128 valence electrons. The second-order valence-corrected chi connectivity index (χ2v) is 5.49. The molecule has 25 heavy (non-hydrogen) atoms. The molecule has 0 amide bonds. The van der Waals surface area contributed by atoms with Crippen LogP contribution in [-0.2, 0) is 4.74 Å². The van der Waals surface area contributed by atoms with Crippen LogP contribution >= 0.6 is 0 Å². The van der Waals surface area contributed by atoms with Crippen LogP contribution in [-0.4, -0.2) is 16.2 Å². The van der Waals surface area contributed by atoms with E-state index in [1.54, 1.807) is 6.92 Å². The first kappa shape index (κ1) is 16.8. The summed E-state index contributed by atoms with van der Waals surface area (Å²) < 4.78 is 36.8. The number of ether oxygens (including phenoxy) is 1. The highest BCUT2D eigenvalue weighted by Crippen LogP contribution is 2.23. The Hall–Kier alpha value is -3.09. The van der Waals surface area contributed by atoms with Gasteiger partial charge in [0, 0.05) is 5.56 Å². The molecule has 2 aromatic carbocycles. The Bertz CT molecular complexity index is 907. The Balaban J connectivity index is 1.73. The number of aryl methyl sites for hydroxylation is 1. The molecule has 0 unspecified atom stereocenters. The fourth-order valence-corrected chi connectivity index (χ4v) is 2.11. The van der Waals surface area contributed by atoms with Crippen molar-refractivity contribution in [2.75, 3.05) is 0 Å². The van der Waals surface area contributed by atoms with Crippen molar-refractivity contribution in [1.82, 2.24) is 10.2 Å². The minimum Gasteiger partial charge on any atom is -0.449 e. The van der Waals surface area contributed by atoms with Crippen molar-refractivity contribution in [3.05, 3.63) is 71.1 Å². The zero-order chi connectivity index (χ0) is 18.0. The molecule has 0 spiro atoms. The van der Waals surface area contributed by atoms with Gasteiger partial charge in [-0.1, -0.05) is 17.7 Å². The molecule has 1 aromatic heterocycles. The van der Waals surface area contributed by atoms with Crippen LogP contribution in [0.5, 0.6) is 0 Å². The Morgan fingerprint density at radius 3 is 2.48 bits per heavy atom. The van der Waals surface area contributed by atoms with Gasteiger partial charge in [-0.3, -0.25) is 0 Å². The largest absolute Gasteiger partial charge is 0.449 e. The molecule has 0 fully saturated rings. The van der Waals surface area contributed by atoms with Gasteiger partial charge < -0.3 is 9.15 Å². The van der Waals surface area contributed by atoms with Gasteiger partial charge in [-0.05, 0) is 44.2 Å². The van der Waals surface area contributed by atoms with Crippen LogP contribution in [0.25, 0.3) is 11.5 Å². The predicted molar refractivity (Wildman–Crippen MR) is 84.7 cm³/mol. The van der Waals surface area contributed by atoms with Crippen LogP contribution in [0.2, 0.25) is 0 Å². The first-order valence-electron chi connectivity index (χ1n) is 7.50. The summed E-state index contributed by atoms with van der Waals surface area (Å²) in [6.45, 7) is 3.51. The monoisotopic (exact) mass is 344 g/mol. The molecular formula is C18H14F2N2O3. The third-order valence-electron chi connectivity index (χ3n) is 3.53. The van der Waals surface area contributed by atoms with Gasteiger partial charge in [-0.15, -0.1) is 10.2 Å². The summed E-state index contributed by atoms with van der Waals surface area (Å²) in [5, 5.41) is 7.79. The van der Waals surface area contributed by atoms with Crippen molar-refractivity contribution in [2.24, 2.45) is 0 Å². The van der Waals surface area contributed by atoms with E-state index in [2.05, 4.69) is 10.2 Å². The van der Waals surface area contributed by atoms with Crippen LogP contribution in [0, 0.1) is 18.6 Å². The number of hydrogen-bond donors (Lipinski definition) is 0. The van der Waals surface area contributed by atoms with Crippen molar-refractivity contribution >= 4 is 5.97 Å². The van der Waals surface area contributed by atoms with Crippen molar-refractivity contribution in [3.63, 3.8) is 0 Å². The number of rotatable bonds is 4. The van der Waals surface area contributed by atoms with Gasteiger partial charge in [0.05, 0.1) is 5.56 Å². The molecule has 0 aliphatic carbocycles.